The van der Waals surface area contributed by atoms with Crippen LogP contribution in [0.1, 0.15) is 5.56 Å². The SMILES string of the molecule is COc1ccc(OC)c(-c2coc(N)c2C#N)c1. The highest BCUT2D eigenvalue weighted by Crippen LogP contribution is 2.37. The maximum atomic E-state index is 9.08. The van der Waals surface area contributed by atoms with Crippen LogP contribution in [0.15, 0.2) is 28.9 Å². The number of methoxy groups -OCH3 is 2. The zero-order valence-electron chi connectivity index (χ0n) is 10.1. The van der Waals surface area contributed by atoms with Crippen LogP contribution in [0.5, 0.6) is 11.5 Å². The van der Waals surface area contributed by atoms with E-state index in [1.54, 1.807) is 32.4 Å². The number of nitrogen functional groups attached to an aromatic ring is 1. The van der Waals surface area contributed by atoms with Crippen molar-refractivity contribution in [3.05, 3.63) is 30.0 Å². The van der Waals surface area contributed by atoms with Crippen LogP contribution in [0.2, 0.25) is 0 Å². The van der Waals surface area contributed by atoms with Gasteiger partial charge in [-0.05, 0) is 18.2 Å². The Morgan fingerprint density at radius 1 is 1.22 bits per heavy atom. The summed E-state index contributed by atoms with van der Waals surface area (Å²) >= 11 is 0. The molecule has 2 N–H and O–H groups in total. The molecule has 5 heteroatoms. The Labute approximate surface area is 104 Å². The number of nitrogens with zero attached hydrogens (tertiary/aromatic N) is 1. The monoisotopic (exact) mass is 244 g/mol. The topological polar surface area (TPSA) is 81.4 Å². The average molecular weight is 244 g/mol. The third kappa shape index (κ3) is 1.84. The van der Waals surface area contributed by atoms with Gasteiger partial charge in [-0.1, -0.05) is 0 Å². The van der Waals surface area contributed by atoms with E-state index in [0.717, 1.165) is 0 Å². The van der Waals surface area contributed by atoms with Crippen molar-refractivity contribution >= 4 is 5.88 Å². The van der Waals surface area contributed by atoms with E-state index in [2.05, 4.69) is 0 Å². The molecule has 2 rings (SSSR count). The van der Waals surface area contributed by atoms with Crippen LogP contribution >= 0.6 is 0 Å². The molecular formula is C13H12N2O3. The highest BCUT2D eigenvalue weighted by molar-refractivity contribution is 5.79. The summed E-state index contributed by atoms with van der Waals surface area (Å²) in [5.74, 6) is 1.37. The summed E-state index contributed by atoms with van der Waals surface area (Å²) in [5.41, 5.74) is 7.17. The highest BCUT2D eigenvalue weighted by Gasteiger charge is 2.17. The maximum Gasteiger partial charge on any atom is 0.208 e. The van der Waals surface area contributed by atoms with Crippen LogP contribution in [-0.4, -0.2) is 14.2 Å². The van der Waals surface area contributed by atoms with Gasteiger partial charge in [-0.25, -0.2) is 0 Å². The van der Waals surface area contributed by atoms with Gasteiger partial charge in [0, 0.05) is 11.1 Å². The van der Waals surface area contributed by atoms with Gasteiger partial charge in [0.2, 0.25) is 5.88 Å². The zero-order chi connectivity index (χ0) is 13.1. The molecule has 0 spiro atoms. The van der Waals surface area contributed by atoms with Gasteiger partial charge in [0.15, 0.2) is 0 Å². The second-order valence-electron chi connectivity index (χ2n) is 3.57. The first-order chi connectivity index (χ1) is 8.71. The van der Waals surface area contributed by atoms with Crippen molar-refractivity contribution in [2.24, 2.45) is 0 Å². The fourth-order valence-corrected chi connectivity index (χ4v) is 1.71. The summed E-state index contributed by atoms with van der Waals surface area (Å²) in [6.45, 7) is 0. The molecule has 0 atom stereocenters. The Morgan fingerprint density at radius 2 is 2.00 bits per heavy atom. The number of hydrogen-bond acceptors (Lipinski definition) is 5. The molecule has 5 nitrogen and oxygen atoms in total. The van der Waals surface area contributed by atoms with Crippen LogP contribution in [0, 0.1) is 11.3 Å². The third-order valence-corrected chi connectivity index (χ3v) is 2.63. The van der Waals surface area contributed by atoms with Gasteiger partial charge in [0.1, 0.15) is 29.4 Å². The fraction of sp³-hybridized carbons (Fsp3) is 0.154. The standard InChI is InChI=1S/C13H12N2O3/c1-16-8-3-4-12(17-2)9(5-8)11-7-18-13(15)10(11)6-14/h3-5,7H,15H2,1-2H3. The lowest BCUT2D eigenvalue weighted by molar-refractivity contribution is 0.404. The fourth-order valence-electron chi connectivity index (χ4n) is 1.71. The number of ether oxygens (including phenoxy) is 2. The zero-order valence-corrected chi connectivity index (χ0v) is 10.1. The predicted molar refractivity (Wildman–Crippen MR) is 66.4 cm³/mol. The molecule has 0 saturated carbocycles. The molecule has 1 aromatic heterocycles. The summed E-state index contributed by atoms with van der Waals surface area (Å²) in [6.07, 6.45) is 1.44. The van der Waals surface area contributed by atoms with Crippen molar-refractivity contribution in [2.45, 2.75) is 0 Å². The normalized spacial score (nSPS) is 9.83. The van der Waals surface area contributed by atoms with Crippen LogP contribution in [-0.2, 0) is 0 Å². The lowest BCUT2D eigenvalue weighted by Gasteiger charge is -2.09. The van der Waals surface area contributed by atoms with Crippen molar-refractivity contribution in [1.82, 2.24) is 0 Å². The number of hydrogen-bond donors (Lipinski definition) is 1. The molecule has 0 bridgehead atoms. The van der Waals surface area contributed by atoms with E-state index >= 15 is 0 Å². The molecule has 0 aliphatic heterocycles. The minimum absolute atomic E-state index is 0.0948. The molecule has 0 radical (unpaired) electrons. The van der Waals surface area contributed by atoms with E-state index in [1.165, 1.54) is 6.26 Å². The van der Waals surface area contributed by atoms with Crippen LogP contribution in [0.4, 0.5) is 5.88 Å². The molecule has 18 heavy (non-hydrogen) atoms. The molecule has 0 saturated heterocycles. The maximum absolute atomic E-state index is 9.08. The Bertz CT molecular complexity index is 611. The molecule has 0 aliphatic carbocycles. The van der Waals surface area contributed by atoms with Gasteiger partial charge in [-0.15, -0.1) is 0 Å². The molecular weight excluding hydrogens is 232 g/mol. The van der Waals surface area contributed by atoms with Gasteiger partial charge in [-0.3, -0.25) is 0 Å². The van der Waals surface area contributed by atoms with Crippen LogP contribution < -0.4 is 15.2 Å². The van der Waals surface area contributed by atoms with Gasteiger partial charge in [0.05, 0.1) is 14.2 Å². The van der Waals surface area contributed by atoms with E-state index in [4.69, 9.17) is 24.9 Å². The van der Waals surface area contributed by atoms with Crippen molar-refractivity contribution in [3.63, 3.8) is 0 Å². The lowest BCUT2D eigenvalue weighted by Crippen LogP contribution is -1.91. The third-order valence-electron chi connectivity index (χ3n) is 2.63. The van der Waals surface area contributed by atoms with E-state index < -0.39 is 0 Å². The lowest BCUT2D eigenvalue weighted by atomic mass is 10.0. The predicted octanol–water partition coefficient (Wildman–Crippen LogP) is 2.42. The van der Waals surface area contributed by atoms with Gasteiger partial charge >= 0.3 is 0 Å². The van der Waals surface area contributed by atoms with Crippen molar-refractivity contribution in [3.8, 4) is 28.7 Å². The highest BCUT2D eigenvalue weighted by atomic mass is 16.5. The summed E-state index contributed by atoms with van der Waals surface area (Å²) in [6, 6.07) is 7.32. The quantitative estimate of drug-likeness (QED) is 0.896. The minimum Gasteiger partial charge on any atom is -0.497 e. The molecule has 1 aromatic carbocycles. The molecule has 0 fully saturated rings. The molecule has 0 amide bonds. The molecule has 2 aromatic rings. The Morgan fingerprint density at radius 3 is 2.61 bits per heavy atom. The van der Waals surface area contributed by atoms with Crippen molar-refractivity contribution in [1.29, 1.82) is 5.26 Å². The van der Waals surface area contributed by atoms with Crippen molar-refractivity contribution < 1.29 is 13.9 Å². The van der Waals surface area contributed by atoms with Gasteiger partial charge in [0.25, 0.3) is 0 Å². The Balaban J connectivity index is 2.65. The largest absolute Gasteiger partial charge is 0.497 e. The Kier molecular flexibility index (Phi) is 3.11. The summed E-state index contributed by atoms with van der Waals surface area (Å²) < 4.78 is 15.5. The second-order valence-corrected chi connectivity index (χ2v) is 3.57. The first-order valence-electron chi connectivity index (χ1n) is 5.20. The van der Waals surface area contributed by atoms with Crippen LogP contribution in [0.3, 0.4) is 0 Å². The number of benzene rings is 1. The smallest absolute Gasteiger partial charge is 0.208 e. The number of nitrogens with two attached hydrogens (primary N) is 1. The van der Waals surface area contributed by atoms with Gasteiger partial charge < -0.3 is 19.6 Å². The Hall–Kier alpha value is -2.61. The van der Waals surface area contributed by atoms with E-state index in [-0.39, 0.29) is 5.88 Å². The molecule has 0 aliphatic rings. The number of rotatable bonds is 3. The van der Waals surface area contributed by atoms with E-state index in [9.17, 15) is 0 Å². The number of anilines is 1. The average Bonchev–Trinajstić information content (AvgIpc) is 2.78. The van der Waals surface area contributed by atoms with E-state index in [0.29, 0.717) is 28.2 Å². The summed E-state index contributed by atoms with van der Waals surface area (Å²) in [5, 5.41) is 9.08. The van der Waals surface area contributed by atoms with Crippen molar-refractivity contribution in [2.75, 3.05) is 20.0 Å². The van der Waals surface area contributed by atoms with Crippen LogP contribution in [0.25, 0.3) is 11.1 Å². The number of furan rings is 1. The van der Waals surface area contributed by atoms with Gasteiger partial charge in [-0.2, -0.15) is 5.26 Å². The molecule has 92 valence electrons. The first kappa shape index (κ1) is 11.9. The summed E-state index contributed by atoms with van der Waals surface area (Å²) in [4.78, 5) is 0. The first-order valence-corrected chi connectivity index (χ1v) is 5.20. The number of nitriles is 1. The van der Waals surface area contributed by atoms with E-state index in [1.807, 2.05) is 6.07 Å². The minimum atomic E-state index is 0.0948. The second kappa shape index (κ2) is 4.72. The molecule has 1 heterocycles. The summed E-state index contributed by atoms with van der Waals surface area (Å²) in [7, 11) is 3.13. The molecule has 0 unspecified atom stereocenters.